The molecule has 1 saturated heterocycles. The summed E-state index contributed by atoms with van der Waals surface area (Å²) in [6.45, 7) is 9.33. The molecule has 5 atom stereocenters. The first-order valence-corrected chi connectivity index (χ1v) is 28.7. The minimum Gasteiger partial charge on any atom is -0.497 e. The Morgan fingerprint density at radius 3 is 1.89 bits per heavy atom. The van der Waals surface area contributed by atoms with E-state index in [1.165, 1.54) is 62.3 Å². The highest BCUT2D eigenvalue weighted by Crippen LogP contribution is 2.51. The van der Waals surface area contributed by atoms with Crippen LogP contribution in [0.3, 0.4) is 0 Å². The Morgan fingerprint density at radius 1 is 0.823 bits per heavy atom. The molecule has 5 aromatic rings. The smallest absolute Gasteiger partial charge is 0.471 e. The zero-order valence-electron chi connectivity index (χ0n) is 46.6. The van der Waals surface area contributed by atoms with Gasteiger partial charge in [0.2, 0.25) is 11.9 Å². The van der Waals surface area contributed by atoms with Crippen molar-refractivity contribution in [2.24, 2.45) is 0 Å². The topological polar surface area (TPSA) is 204 Å². The molecule has 0 bridgehead atoms. The lowest BCUT2D eigenvalue weighted by atomic mass is 9.80. The number of ether oxygens (including phenoxy) is 4. The summed E-state index contributed by atoms with van der Waals surface area (Å²) in [5.74, 6) is -1.77. The summed E-state index contributed by atoms with van der Waals surface area (Å²) >= 11 is 0. The van der Waals surface area contributed by atoms with Gasteiger partial charge in [0.1, 0.15) is 35.3 Å². The summed E-state index contributed by atoms with van der Waals surface area (Å²) in [6, 6.07) is 23.7. The first-order chi connectivity index (χ1) is 38.1. The van der Waals surface area contributed by atoms with E-state index in [1.54, 1.807) is 38.5 Å². The number of aromatic nitrogens is 4. The van der Waals surface area contributed by atoms with Crippen LogP contribution in [0.5, 0.6) is 11.5 Å². The molecule has 0 radical (unpaired) electrons. The monoisotopic (exact) mass is 1120 g/mol. The average molecular weight is 1120 g/mol. The van der Waals surface area contributed by atoms with Crippen LogP contribution in [-0.2, 0) is 33.7 Å². The molecule has 6 rings (SSSR count). The van der Waals surface area contributed by atoms with E-state index in [-0.39, 0.29) is 48.6 Å². The molecule has 430 valence electrons. The third-order valence-electron chi connectivity index (χ3n) is 13.9. The van der Waals surface area contributed by atoms with Gasteiger partial charge < -0.3 is 33.3 Å². The fourth-order valence-electron chi connectivity index (χ4n) is 9.98. The number of rotatable bonds is 33. The van der Waals surface area contributed by atoms with Crippen molar-refractivity contribution in [1.82, 2.24) is 29.5 Å². The van der Waals surface area contributed by atoms with Crippen LogP contribution in [0.4, 0.5) is 19.1 Å². The first-order valence-electron chi connectivity index (χ1n) is 27.6. The van der Waals surface area contributed by atoms with Gasteiger partial charge in [-0.3, -0.25) is 29.3 Å². The van der Waals surface area contributed by atoms with Gasteiger partial charge in [0, 0.05) is 18.5 Å². The molecule has 3 N–H and O–H groups in total. The molecule has 17 nitrogen and oxygen atoms in total. The van der Waals surface area contributed by atoms with Gasteiger partial charge in [-0.25, -0.2) is 9.65 Å². The number of H-pyrrole nitrogens is 1. The second kappa shape index (κ2) is 30.6. The number of nitrogens with zero attached hydrogens (tertiary/aromatic N) is 5. The normalized spacial score (nSPS) is 17.1. The molecular weight excluding hydrogens is 1040 g/mol. The standard InChI is InChI=1S/C58H78F3N8O9P/c1-8-9-10-11-12-13-14-15-16-17-18-19-23-27-48(70)64-56-66-52-50(53(71)67-56)63-39-68(52)54-49(65-55(72)58(59,60)61)51(78-79(76-37-24-36-62)69(40(2)3)41(4)5)47(77-54)38-75-57(42-25-21-20-22-26-42,43-28-32-45(73-6)33-29-43)44-30-34-46(74-7)35-31-44/h20-22,25-26,28-35,39-41,47,49,51,54H,8-19,23-24,27,37-38H2,1-7H3,(H,65,72)(H2,64,66,67,70,71)/t47-,49-,51-,54-,79?/m1/s1. The molecule has 3 aromatic carbocycles. The lowest BCUT2D eigenvalue weighted by Gasteiger charge is -2.39. The van der Waals surface area contributed by atoms with Crippen LogP contribution in [-0.4, -0.2) is 99.9 Å². The zero-order valence-corrected chi connectivity index (χ0v) is 47.5. The second-order valence-electron chi connectivity index (χ2n) is 20.3. The largest absolute Gasteiger partial charge is 0.497 e. The number of imidazole rings is 1. The van der Waals surface area contributed by atoms with E-state index < -0.39 is 68.8 Å². The van der Waals surface area contributed by atoms with Crippen molar-refractivity contribution in [3.63, 3.8) is 0 Å². The number of halogens is 3. The molecule has 0 aliphatic carbocycles. The molecule has 0 saturated carbocycles. The predicted molar refractivity (Wildman–Crippen MR) is 297 cm³/mol. The van der Waals surface area contributed by atoms with Crippen LogP contribution in [0.2, 0.25) is 0 Å². The van der Waals surface area contributed by atoms with Crippen LogP contribution in [0.1, 0.15) is 154 Å². The number of anilines is 1. The fraction of sp³-hybridized carbons (Fsp3) is 0.552. The summed E-state index contributed by atoms with van der Waals surface area (Å²) in [5, 5.41) is 14.4. The molecule has 1 aliphatic rings. The van der Waals surface area contributed by atoms with Crippen molar-refractivity contribution in [1.29, 1.82) is 5.26 Å². The van der Waals surface area contributed by atoms with Crippen LogP contribution in [0.15, 0.2) is 90.0 Å². The maximum atomic E-state index is 14.6. The molecule has 3 heterocycles. The van der Waals surface area contributed by atoms with E-state index in [2.05, 4.69) is 38.6 Å². The molecule has 1 aliphatic heterocycles. The van der Waals surface area contributed by atoms with Crippen molar-refractivity contribution in [3.8, 4) is 17.6 Å². The van der Waals surface area contributed by atoms with E-state index in [1.807, 2.05) is 87.0 Å². The Morgan fingerprint density at radius 2 is 1.37 bits per heavy atom. The number of carbonyl (C=O) groups excluding carboxylic acids is 2. The number of methoxy groups -OCH3 is 2. The highest BCUT2D eigenvalue weighted by Gasteiger charge is 2.54. The number of benzene rings is 3. The van der Waals surface area contributed by atoms with E-state index >= 15 is 0 Å². The summed E-state index contributed by atoms with van der Waals surface area (Å²) < 4.78 is 85.3. The molecule has 21 heteroatoms. The fourth-order valence-corrected chi connectivity index (χ4v) is 11.8. The van der Waals surface area contributed by atoms with Gasteiger partial charge in [-0.1, -0.05) is 139 Å². The SMILES string of the molecule is CCCCCCCCCCCCCCCC(=O)Nc1nc2c(ncn2[C@@H]2O[C@H](COC(c3ccccc3)(c3ccc(OC)cc3)c3ccc(OC)cc3)[C@@H](OP(OCCC#N)N(C(C)C)C(C)C)[C@H]2NC(=O)C(F)(F)F)c(=O)[nH]1. The summed E-state index contributed by atoms with van der Waals surface area (Å²) in [6.07, 6.45) is 6.37. The number of carbonyl (C=O) groups is 2. The Kier molecular flexibility index (Phi) is 24.1. The van der Waals surface area contributed by atoms with Gasteiger partial charge in [0.25, 0.3) is 14.1 Å². The number of hydrogen-bond donors (Lipinski definition) is 3. The van der Waals surface area contributed by atoms with E-state index in [0.717, 1.165) is 25.7 Å². The molecule has 1 fully saturated rings. The molecule has 79 heavy (non-hydrogen) atoms. The maximum Gasteiger partial charge on any atom is 0.471 e. The summed E-state index contributed by atoms with van der Waals surface area (Å²) in [7, 11) is 0.881. The third kappa shape index (κ3) is 16.8. The molecule has 2 amide bonds. The van der Waals surface area contributed by atoms with Gasteiger partial charge in [-0.05, 0) is 75.1 Å². The van der Waals surface area contributed by atoms with Crippen molar-refractivity contribution < 1.29 is 50.8 Å². The maximum absolute atomic E-state index is 14.6. The van der Waals surface area contributed by atoms with Crippen LogP contribution >= 0.6 is 8.53 Å². The van der Waals surface area contributed by atoms with E-state index in [4.69, 9.17) is 28.0 Å². The van der Waals surface area contributed by atoms with Crippen LogP contribution < -0.4 is 25.7 Å². The van der Waals surface area contributed by atoms with Crippen molar-refractivity contribution >= 4 is 37.5 Å². The minimum absolute atomic E-state index is 0.0281. The molecular formula is C58H78F3N8O9P. The number of nitrogens with one attached hydrogen (secondary N) is 3. The van der Waals surface area contributed by atoms with Crippen LogP contribution in [0.25, 0.3) is 11.2 Å². The summed E-state index contributed by atoms with van der Waals surface area (Å²) in [4.78, 5) is 51.8. The lowest BCUT2D eigenvalue weighted by Crippen LogP contribution is -2.52. The van der Waals surface area contributed by atoms with Gasteiger partial charge in [0.05, 0.1) is 46.3 Å². The van der Waals surface area contributed by atoms with Crippen molar-refractivity contribution in [2.45, 2.75) is 179 Å². The van der Waals surface area contributed by atoms with E-state index in [0.29, 0.717) is 34.6 Å². The average Bonchev–Trinajstić information content (AvgIpc) is 4.28. The highest BCUT2D eigenvalue weighted by molar-refractivity contribution is 7.44. The summed E-state index contributed by atoms with van der Waals surface area (Å²) in [5.41, 5.74) is -0.634. The number of amides is 2. The van der Waals surface area contributed by atoms with Gasteiger partial charge >= 0.3 is 12.1 Å². The lowest BCUT2D eigenvalue weighted by molar-refractivity contribution is -0.175. The molecule has 2 aromatic heterocycles. The van der Waals surface area contributed by atoms with Crippen LogP contribution in [0, 0.1) is 11.3 Å². The number of alkyl halides is 3. The Bertz CT molecular complexity index is 2700. The Balaban J connectivity index is 1.38. The highest BCUT2D eigenvalue weighted by atomic mass is 31.2. The second-order valence-corrected chi connectivity index (χ2v) is 21.7. The molecule has 0 spiro atoms. The number of fused-ring (bicyclic) bond motifs is 1. The van der Waals surface area contributed by atoms with E-state index in [9.17, 15) is 32.8 Å². The first kappa shape index (κ1) is 62.3. The minimum atomic E-state index is -5.37. The molecule has 1 unspecified atom stereocenters. The predicted octanol–water partition coefficient (Wildman–Crippen LogP) is 12.2. The van der Waals surface area contributed by atoms with Crippen molar-refractivity contribution in [3.05, 3.63) is 112 Å². The number of unbranched alkanes of at least 4 members (excludes halogenated alkanes) is 12. The quantitative estimate of drug-likeness (QED) is 0.0203. The van der Waals surface area contributed by atoms with Gasteiger partial charge in [-0.15, -0.1) is 0 Å². The van der Waals surface area contributed by atoms with Crippen molar-refractivity contribution in [2.75, 3.05) is 32.8 Å². The number of nitriles is 1. The Labute approximate surface area is 463 Å². The van der Waals surface area contributed by atoms with Gasteiger partial charge in [0.15, 0.2) is 17.4 Å². The Hall–Kier alpha value is -5.94. The van der Waals surface area contributed by atoms with Gasteiger partial charge in [-0.2, -0.15) is 23.4 Å². The zero-order chi connectivity index (χ0) is 57.0. The number of hydrogen-bond acceptors (Lipinski definition) is 13. The third-order valence-corrected chi connectivity index (χ3v) is 16.0. The number of aromatic amines is 1.